The minimum absolute atomic E-state index is 0.169. The van der Waals surface area contributed by atoms with Gasteiger partial charge in [-0.05, 0) is 40.8 Å². The number of amides is 1. The standard InChI is InChI=1S/C12H16BrNO4/c1-8(2-3-10(15)16)4-6-14-12(17)9-5-7-18-11(9)13/h5,7-8H,2-4,6H2,1H3,(H,14,17)(H,15,16). The van der Waals surface area contributed by atoms with Gasteiger partial charge in [0.1, 0.15) is 0 Å². The van der Waals surface area contributed by atoms with E-state index in [1.807, 2.05) is 6.92 Å². The summed E-state index contributed by atoms with van der Waals surface area (Å²) in [4.78, 5) is 22.1. The average Bonchev–Trinajstić information content (AvgIpc) is 2.72. The first-order valence-corrected chi connectivity index (χ1v) is 6.53. The molecule has 2 N–H and O–H groups in total. The molecular formula is C12H16BrNO4. The Labute approximate surface area is 114 Å². The zero-order valence-corrected chi connectivity index (χ0v) is 11.7. The highest BCUT2D eigenvalue weighted by Crippen LogP contribution is 2.17. The molecule has 1 unspecified atom stereocenters. The second-order valence-electron chi connectivity index (χ2n) is 4.19. The summed E-state index contributed by atoms with van der Waals surface area (Å²) in [6.07, 6.45) is 2.99. The molecule has 18 heavy (non-hydrogen) atoms. The van der Waals surface area contributed by atoms with E-state index in [9.17, 15) is 9.59 Å². The number of nitrogens with one attached hydrogen (secondary N) is 1. The van der Waals surface area contributed by atoms with Crippen LogP contribution in [0.1, 0.15) is 36.5 Å². The molecule has 0 aliphatic rings. The number of aliphatic carboxylic acids is 1. The summed E-state index contributed by atoms with van der Waals surface area (Å²) in [7, 11) is 0. The zero-order valence-electron chi connectivity index (χ0n) is 10.1. The van der Waals surface area contributed by atoms with E-state index in [2.05, 4.69) is 21.2 Å². The fraction of sp³-hybridized carbons (Fsp3) is 0.500. The van der Waals surface area contributed by atoms with Crippen molar-refractivity contribution in [3.63, 3.8) is 0 Å². The highest BCUT2D eigenvalue weighted by molar-refractivity contribution is 9.10. The molecule has 0 saturated carbocycles. The number of carboxylic acid groups (broad SMARTS) is 1. The predicted molar refractivity (Wildman–Crippen MR) is 69.4 cm³/mol. The molecule has 1 aromatic heterocycles. The van der Waals surface area contributed by atoms with Crippen LogP contribution < -0.4 is 5.32 Å². The number of hydrogen-bond donors (Lipinski definition) is 2. The van der Waals surface area contributed by atoms with Crippen molar-refractivity contribution in [3.05, 3.63) is 22.6 Å². The third-order valence-corrected chi connectivity index (χ3v) is 3.25. The molecule has 100 valence electrons. The van der Waals surface area contributed by atoms with Gasteiger partial charge >= 0.3 is 5.97 Å². The lowest BCUT2D eigenvalue weighted by atomic mass is 10.0. The Morgan fingerprint density at radius 3 is 2.78 bits per heavy atom. The van der Waals surface area contributed by atoms with E-state index in [0.29, 0.717) is 23.2 Å². The maximum atomic E-state index is 11.7. The van der Waals surface area contributed by atoms with Gasteiger partial charge in [-0.25, -0.2) is 0 Å². The van der Waals surface area contributed by atoms with Gasteiger partial charge in [-0.3, -0.25) is 9.59 Å². The Kier molecular flexibility index (Phi) is 5.91. The van der Waals surface area contributed by atoms with Crippen molar-refractivity contribution in [2.24, 2.45) is 5.92 Å². The van der Waals surface area contributed by atoms with Crippen LogP contribution in [0.25, 0.3) is 0 Å². The van der Waals surface area contributed by atoms with Crippen LogP contribution in [-0.4, -0.2) is 23.5 Å². The highest BCUT2D eigenvalue weighted by atomic mass is 79.9. The number of halogens is 1. The summed E-state index contributed by atoms with van der Waals surface area (Å²) in [6.45, 7) is 2.50. The Bertz CT molecular complexity index is 416. The molecule has 6 heteroatoms. The van der Waals surface area contributed by atoms with Crippen molar-refractivity contribution in [1.29, 1.82) is 0 Å². The fourth-order valence-electron chi connectivity index (χ4n) is 1.50. The molecule has 0 radical (unpaired) electrons. The van der Waals surface area contributed by atoms with Gasteiger partial charge in [-0.15, -0.1) is 0 Å². The van der Waals surface area contributed by atoms with E-state index in [1.54, 1.807) is 6.07 Å². The number of carbonyl (C=O) groups excluding carboxylic acids is 1. The Morgan fingerprint density at radius 2 is 2.22 bits per heavy atom. The maximum absolute atomic E-state index is 11.7. The summed E-state index contributed by atoms with van der Waals surface area (Å²) in [5.74, 6) is -0.705. The predicted octanol–water partition coefficient (Wildman–Crippen LogP) is 2.66. The molecule has 0 fully saturated rings. The zero-order chi connectivity index (χ0) is 13.5. The molecule has 1 atom stereocenters. The van der Waals surface area contributed by atoms with Gasteiger partial charge in [0.2, 0.25) is 0 Å². The highest BCUT2D eigenvalue weighted by Gasteiger charge is 2.12. The first kappa shape index (κ1) is 14.8. The summed E-state index contributed by atoms with van der Waals surface area (Å²) >= 11 is 3.14. The molecule has 0 bridgehead atoms. The van der Waals surface area contributed by atoms with Crippen LogP contribution in [0.4, 0.5) is 0 Å². The maximum Gasteiger partial charge on any atom is 0.303 e. The van der Waals surface area contributed by atoms with Crippen LogP contribution in [0.3, 0.4) is 0 Å². The monoisotopic (exact) mass is 317 g/mol. The first-order chi connectivity index (χ1) is 8.50. The SMILES string of the molecule is CC(CCNC(=O)c1ccoc1Br)CCC(=O)O. The quantitative estimate of drug-likeness (QED) is 0.810. The van der Waals surface area contributed by atoms with Crippen molar-refractivity contribution >= 4 is 27.8 Å². The molecule has 5 nitrogen and oxygen atoms in total. The number of rotatable bonds is 7. The number of furan rings is 1. The number of hydrogen-bond acceptors (Lipinski definition) is 3. The van der Waals surface area contributed by atoms with E-state index in [0.717, 1.165) is 6.42 Å². The Balaban J connectivity index is 2.24. The average molecular weight is 318 g/mol. The van der Waals surface area contributed by atoms with Crippen LogP contribution in [-0.2, 0) is 4.79 Å². The minimum atomic E-state index is -0.784. The third-order valence-electron chi connectivity index (χ3n) is 2.64. The fourth-order valence-corrected chi connectivity index (χ4v) is 1.92. The van der Waals surface area contributed by atoms with Gasteiger partial charge in [-0.1, -0.05) is 6.92 Å². The first-order valence-electron chi connectivity index (χ1n) is 5.73. The van der Waals surface area contributed by atoms with Crippen LogP contribution in [0, 0.1) is 5.92 Å². The van der Waals surface area contributed by atoms with E-state index < -0.39 is 5.97 Å². The molecule has 0 saturated heterocycles. The van der Waals surface area contributed by atoms with Gasteiger partial charge in [0.25, 0.3) is 5.91 Å². The number of carbonyl (C=O) groups is 2. The smallest absolute Gasteiger partial charge is 0.303 e. The van der Waals surface area contributed by atoms with Crippen molar-refractivity contribution in [3.8, 4) is 0 Å². The largest absolute Gasteiger partial charge is 0.481 e. The summed E-state index contributed by atoms with van der Waals surface area (Å²) in [6, 6.07) is 1.59. The molecule has 1 rings (SSSR count). The second-order valence-corrected chi connectivity index (χ2v) is 4.91. The van der Waals surface area contributed by atoms with Crippen molar-refractivity contribution in [2.75, 3.05) is 6.54 Å². The Hall–Kier alpha value is -1.30. The van der Waals surface area contributed by atoms with E-state index >= 15 is 0 Å². The summed E-state index contributed by atoms with van der Waals surface area (Å²) in [5.41, 5.74) is 0.466. The minimum Gasteiger partial charge on any atom is -0.481 e. The van der Waals surface area contributed by atoms with Gasteiger partial charge in [-0.2, -0.15) is 0 Å². The van der Waals surface area contributed by atoms with Gasteiger partial charge in [0.05, 0.1) is 11.8 Å². The molecule has 0 spiro atoms. The molecular weight excluding hydrogens is 302 g/mol. The second kappa shape index (κ2) is 7.20. The van der Waals surface area contributed by atoms with E-state index in [1.165, 1.54) is 6.26 Å². The van der Waals surface area contributed by atoms with E-state index in [4.69, 9.17) is 9.52 Å². The van der Waals surface area contributed by atoms with Crippen LogP contribution >= 0.6 is 15.9 Å². The van der Waals surface area contributed by atoms with Crippen LogP contribution in [0.2, 0.25) is 0 Å². The lowest BCUT2D eigenvalue weighted by Gasteiger charge is -2.10. The van der Waals surface area contributed by atoms with Gasteiger partial charge in [0, 0.05) is 13.0 Å². The van der Waals surface area contributed by atoms with Crippen molar-refractivity contribution in [1.82, 2.24) is 5.32 Å². The van der Waals surface area contributed by atoms with E-state index in [-0.39, 0.29) is 18.2 Å². The molecule has 0 aromatic carbocycles. The number of carboxylic acids is 1. The third kappa shape index (κ3) is 4.91. The summed E-state index contributed by atoms with van der Waals surface area (Å²) in [5, 5.41) is 11.3. The molecule has 0 aliphatic carbocycles. The van der Waals surface area contributed by atoms with Gasteiger partial charge < -0.3 is 14.8 Å². The van der Waals surface area contributed by atoms with Crippen molar-refractivity contribution in [2.45, 2.75) is 26.2 Å². The van der Waals surface area contributed by atoms with Gasteiger partial charge in [0.15, 0.2) is 4.67 Å². The lowest BCUT2D eigenvalue weighted by Crippen LogP contribution is -2.25. The molecule has 1 heterocycles. The molecule has 1 amide bonds. The van der Waals surface area contributed by atoms with Crippen LogP contribution in [0.5, 0.6) is 0 Å². The normalized spacial score (nSPS) is 12.1. The van der Waals surface area contributed by atoms with Crippen LogP contribution in [0.15, 0.2) is 21.4 Å². The van der Waals surface area contributed by atoms with Crippen molar-refractivity contribution < 1.29 is 19.1 Å². The molecule has 1 aromatic rings. The molecule has 0 aliphatic heterocycles. The summed E-state index contributed by atoms with van der Waals surface area (Å²) < 4.78 is 5.38. The lowest BCUT2D eigenvalue weighted by molar-refractivity contribution is -0.137. The Morgan fingerprint density at radius 1 is 1.50 bits per heavy atom. The topological polar surface area (TPSA) is 79.5 Å².